The van der Waals surface area contributed by atoms with Crippen LogP contribution in [0.15, 0.2) is 73.1 Å². The number of benzene rings is 2. The number of amides is 2. The largest absolute Gasteiger partial charge is 0.324 e. The van der Waals surface area contributed by atoms with Crippen molar-refractivity contribution in [2.45, 2.75) is 0 Å². The summed E-state index contributed by atoms with van der Waals surface area (Å²) < 4.78 is 1.95. The Labute approximate surface area is 137 Å². The summed E-state index contributed by atoms with van der Waals surface area (Å²) in [6.45, 7) is 0. The number of nitro benzene ring substituents is 1. The van der Waals surface area contributed by atoms with Crippen LogP contribution in [0.25, 0.3) is 5.69 Å². The minimum absolute atomic E-state index is 0.0797. The first-order chi connectivity index (χ1) is 11.6. The maximum absolute atomic E-state index is 12.0. The number of urea groups is 1. The van der Waals surface area contributed by atoms with E-state index in [-0.39, 0.29) is 5.69 Å². The maximum atomic E-state index is 12.0. The number of anilines is 2. The Kier molecular flexibility index (Phi) is 4.24. The van der Waals surface area contributed by atoms with Crippen molar-refractivity contribution < 1.29 is 9.72 Å². The van der Waals surface area contributed by atoms with Crippen molar-refractivity contribution in [3.63, 3.8) is 0 Å². The van der Waals surface area contributed by atoms with Gasteiger partial charge in [0, 0.05) is 41.6 Å². The summed E-state index contributed by atoms with van der Waals surface area (Å²) in [6, 6.07) is 16.5. The predicted octanol–water partition coefficient (Wildman–Crippen LogP) is 4.03. The number of nitrogens with one attached hydrogen (secondary N) is 2. The van der Waals surface area contributed by atoms with Gasteiger partial charge >= 0.3 is 6.03 Å². The molecule has 0 atom stereocenters. The van der Waals surface area contributed by atoms with E-state index in [0.717, 1.165) is 5.69 Å². The van der Waals surface area contributed by atoms with Gasteiger partial charge in [-0.2, -0.15) is 0 Å². The zero-order valence-electron chi connectivity index (χ0n) is 12.5. The molecule has 1 heterocycles. The van der Waals surface area contributed by atoms with Crippen LogP contribution >= 0.6 is 0 Å². The number of rotatable bonds is 4. The number of aromatic nitrogens is 1. The van der Waals surface area contributed by atoms with Crippen LogP contribution in [0.4, 0.5) is 21.9 Å². The summed E-state index contributed by atoms with van der Waals surface area (Å²) in [5, 5.41) is 16.0. The number of carbonyl (C=O) groups is 1. The minimum Gasteiger partial charge on any atom is -0.324 e. The summed E-state index contributed by atoms with van der Waals surface area (Å²) in [5.74, 6) is 0. The van der Waals surface area contributed by atoms with Crippen molar-refractivity contribution >= 4 is 23.1 Å². The number of non-ortho nitro benzene ring substituents is 1. The quantitative estimate of drug-likeness (QED) is 0.561. The van der Waals surface area contributed by atoms with Crippen LogP contribution in [0.3, 0.4) is 0 Å². The highest BCUT2D eigenvalue weighted by Gasteiger charge is 2.08. The van der Waals surface area contributed by atoms with E-state index in [4.69, 9.17) is 0 Å². The zero-order chi connectivity index (χ0) is 16.9. The van der Waals surface area contributed by atoms with Crippen molar-refractivity contribution in [2.24, 2.45) is 0 Å². The van der Waals surface area contributed by atoms with Crippen LogP contribution < -0.4 is 10.6 Å². The standard InChI is InChI=1S/C17H14N4O3/c22-17(19-14-4-3-5-16(12-14)21(23)24)18-13-6-8-15(9-7-13)20-10-1-2-11-20/h1-12H,(H2,18,19,22). The van der Waals surface area contributed by atoms with Gasteiger partial charge in [0.15, 0.2) is 0 Å². The Morgan fingerprint density at radius 2 is 1.58 bits per heavy atom. The normalized spacial score (nSPS) is 10.2. The molecule has 0 fully saturated rings. The molecule has 7 nitrogen and oxygen atoms in total. The monoisotopic (exact) mass is 322 g/mol. The number of hydrogen-bond acceptors (Lipinski definition) is 3. The summed E-state index contributed by atoms with van der Waals surface area (Å²) in [5.41, 5.74) is 1.87. The van der Waals surface area contributed by atoms with Crippen molar-refractivity contribution in [1.82, 2.24) is 4.57 Å². The average Bonchev–Trinajstić information content (AvgIpc) is 3.10. The Balaban J connectivity index is 1.64. The molecule has 120 valence electrons. The van der Waals surface area contributed by atoms with Crippen molar-refractivity contribution in [3.8, 4) is 5.69 Å². The molecule has 0 aliphatic heterocycles. The smallest absolute Gasteiger partial charge is 0.323 e. The maximum Gasteiger partial charge on any atom is 0.323 e. The first-order valence-corrected chi connectivity index (χ1v) is 7.18. The molecule has 0 bridgehead atoms. The van der Waals surface area contributed by atoms with Crippen molar-refractivity contribution in [2.75, 3.05) is 10.6 Å². The lowest BCUT2D eigenvalue weighted by molar-refractivity contribution is -0.384. The molecule has 24 heavy (non-hydrogen) atoms. The SMILES string of the molecule is O=C(Nc1ccc(-n2cccc2)cc1)Nc1cccc([N+](=O)[O-])c1. The third kappa shape index (κ3) is 3.58. The van der Waals surface area contributed by atoms with Gasteiger partial charge in [0.2, 0.25) is 0 Å². The van der Waals surface area contributed by atoms with Gasteiger partial charge in [-0.25, -0.2) is 4.79 Å². The van der Waals surface area contributed by atoms with Gasteiger partial charge in [-0.05, 0) is 42.5 Å². The first-order valence-electron chi connectivity index (χ1n) is 7.18. The summed E-state index contributed by atoms with van der Waals surface area (Å²) in [6.07, 6.45) is 3.86. The van der Waals surface area contributed by atoms with Crippen LogP contribution in [0.2, 0.25) is 0 Å². The minimum atomic E-state index is -0.511. The second-order valence-corrected chi connectivity index (χ2v) is 5.02. The van der Waals surface area contributed by atoms with Gasteiger partial charge in [0.1, 0.15) is 0 Å². The third-order valence-electron chi connectivity index (χ3n) is 3.34. The van der Waals surface area contributed by atoms with Crippen LogP contribution in [0.5, 0.6) is 0 Å². The molecule has 0 spiro atoms. The molecule has 3 rings (SSSR count). The fraction of sp³-hybridized carbons (Fsp3) is 0. The predicted molar refractivity (Wildman–Crippen MR) is 91.5 cm³/mol. The molecular weight excluding hydrogens is 308 g/mol. The highest BCUT2D eigenvalue weighted by molar-refractivity contribution is 5.99. The van der Waals surface area contributed by atoms with E-state index in [2.05, 4.69) is 10.6 Å². The molecule has 2 aromatic carbocycles. The van der Waals surface area contributed by atoms with Gasteiger partial charge in [-0.15, -0.1) is 0 Å². The van der Waals surface area contributed by atoms with E-state index in [9.17, 15) is 14.9 Å². The van der Waals surface area contributed by atoms with Crippen LogP contribution in [0, 0.1) is 10.1 Å². The summed E-state index contributed by atoms with van der Waals surface area (Å²) >= 11 is 0. The molecule has 1 aromatic heterocycles. The molecule has 7 heteroatoms. The van der Waals surface area contributed by atoms with E-state index in [1.165, 1.54) is 18.2 Å². The Morgan fingerprint density at radius 3 is 2.25 bits per heavy atom. The summed E-state index contributed by atoms with van der Waals surface area (Å²) in [7, 11) is 0. The van der Waals surface area contributed by atoms with Crippen LogP contribution in [0.1, 0.15) is 0 Å². The molecule has 0 saturated carbocycles. The Bertz CT molecular complexity index is 858. The van der Waals surface area contributed by atoms with Crippen molar-refractivity contribution in [3.05, 3.63) is 83.2 Å². The first kappa shape index (κ1) is 15.3. The van der Waals surface area contributed by atoms with E-state index in [0.29, 0.717) is 11.4 Å². The number of nitro groups is 1. The number of hydrogen-bond donors (Lipinski definition) is 2. The van der Waals surface area contributed by atoms with Gasteiger partial charge < -0.3 is 15.2 Å². The molecule has 2 amide bonds. The van der Waals surface area contributed by atoms with Gasteiger partial charge in [-0.1, -0.05) is 6.07 Å². The Hall–Kier alpha value is -3.61. The third-order valence-corrected chi connectivity index (χ3v) is 3.34. The second kappa shape index (κ2) is 6.66. The zero-order valence-corrected chi connectivity index (χ0v) is 12.5. The fourth-order valence-electron chi connectivity index (χ4n) is 2.21. The lowest BCUT2D eigenvalue weighted by Gasteiger charge is -2.09. The lowest BCUT2D eigenvalue weighted by Crippen LogP contribution is -2.19. The van der Waals surface area contributed by atoms with E-state index < -0.39 is 11.0 Å². The van der Waals surface area contributed by atoms with Crippen molar-refractivity contribution in [1.29, 1.82) is 0 Å². The molecule has 0 aliphatic carbocycles. The molecule has 0 radical (unpaired) electrons. The Morgan fingerprint density at radius 1 is 0.917 bits per heavy atom. The van der Waals surface area contributed by atoms with Crippen LogP contribution in [-0.2, 0) is 0 Å². The second-order valence-electron chi connectivity index (χ2n) is 5.02. The topological polar surface area (TPSA) is 89.2 Å². The summed E-state index contributed by atoms with van der Waals surface area (Å²) in [4.78, 5) is 22.2. The van der Waals surface area contributed by atoms with Gasteiger partial charge in [-0.3, -0.25) is 10.1 Å². The van der Waals surface area contributed by atoms with E-state index in [1.807, 2.05) is 41.2 Å². The number of nitrogens with zero attached hydrogens (tertiary/aromatic N) is 2. The number of carbonyl (C=O) groups excluding carboxylic acids is 1. The fourth-order valence-corrected chi connectivity index (χ4v) is 2.21. The molecular formula is C17H14N4O3. The molecule has 0 unspecified atom stereocenters. The van der Waals surface area contributed by atoms with Gasteiger partial charge in [0.25, 0.3) is 5.69 Å². The molecule has 0 aliphatic rings. The highest BCUT2D eigenvalue weighted by atomic mass is 16.6. The van der Waals surface area contributed by atoms with E-state index >= 15 is 0 Å². The average molecular weight is 322 g/mol. The van der Waals surface area contributed by atoms with Gasteiger partial charge in [0.05, 0.1) is 4.92 Å². The molecule has 3 aromatic rings. The van der Waals surface area contributed by atoms with Crippen LogP contribution in [-0.4, -0.2) is 15.5 Å². The highest BCUT2D eigenvalue weighted by Crippen LogP contribution is 2.18. The lowest BCUT2D eigenvalue weighted by atomic mass is 10.2. The molecule has 2 N–H and O–H groups in total. The van der Waals surface area contributed by atoms with E-state index in [1.54, 1.807) is 18.2 Å². The molecule has 0 saturated heterocycles.